The fraction of sp³-hybridized carbons (Fsp3) is 0.405. The van der Waals surface area contributed by atoms with Crippen molar-refractivity contribution in [2.24, 2.45) is 9.98 Å². The molecule has 2 fully saturated rings. The normalized spacial score (nSPS) is 22.8. The zero-order valence-corrected chi connectivity index (χ0v) is 29.5. The van der Waals surface area contributed by atoms with Crippen molar-refractivity contribution in [3.8, 4) is 11.4 Å². The van der Waals surface area contributed by atoms with E-state index in [4.69, 9.17) is 14.2 Å². The summed E-state index contributed by atoms with van der Waals surface area (Å²) in [5.74, 6) is -0.0961. The van der Waals surface area contributed by atoms with Crippen LogP contribution < -0.4 is 20.2 Å². The van der Waals surface area contributed by atoms with E-state index in [2.05, 4.69) is 72.0 Å². The van der Waals surface area contributed by atoms with Crippen molar-refractivity contribution in [3.05, 3.63) is 99.6 Å². The first-order chi connectivity index (χ1) is 23.9. The first kappa shape index (κ1) is 33.2. The lowest BCUT2D eigenvalue weighted by molar-refractivity contribution is -0.186. The van der Waals surface area contributed by atoms with Gasteiger partial charge in [0.15, 0.2) is 5.79 Å². The highest BCUT2D eigenvalue weighted by Crippen LogP contribution is 2.40. The highest BCUT2D eigenvalue weighted by atomic mass is 79.9. The Morgan fingerprint density at radius 3 is 2.20 bits per heavy atom. The van der Waals surface area contributed by atoms with Crippen LogP contribution in [0, 0.1) is 0 Å². The molecule has 1 aromatic heterocycles. The van der Waals surface area contributed by atoms with Gasteiger partial charge in [-0.05, 0) is 74.0 Å². The van der Waals surface area contributed by atoms with Crippen LogP contribution in [-0.4, -0.2) is 84.9 Å². The third kappa shape index (κ3) is 7.36. The van der Waals surface area contributed by atoms with E-state index in [9.17, 15) is 4.79 Å². The summed E-state index contributed by atoms with van der Waals surface area (Å²) < 4.78 is 23.3. The summed E-state index contributed by atoms with van der Waals surface area (Å²) in [4.78, 5) is 26.6. The van der Waals surface area contributed by atoms with Crippen LogP contribution in [0.5, 0.6) is 5.75 Å². The number of hydrogen-bond donors (Lipinski definition) is 0. The molecule has 0 aliphatic carbocycles. The molecule has 0 radical (unpaired) electrons. The van der Waals surface area contributed by atoms with Gasteiger partial charge in [0.1, 0.15) is 24.8 Å². The largest absolute Gasteiger partial charge is 0.491 e. The minimum absolute atomic E-state index is 0.00778. The maximum Gasteiger partial charge on any atom is 0.350 e. The number of hydrogen-bond acceptors (Lipinski definition) is 9. The Bertz CT molecular complexity index is 1820. The molecule has 0 amide bonds. The van der Waals surface area contributed by atoms with Gasteiger partial charge in [0.05, 0.1) is 30.9 Å². The van der Waals surface area contributed by atoms with Crippen LogP contribution in [0.2, 0.25) is 0 Å². The molecule has 0 spiro atoms. The van der Waals surface area contributed by atoms with Crippen molar-refractivity contribution in [1.29, 1.82) is 0 Å². The van der Waals surface area contributed by atoms with E-state index in [-0.39, 0.29) is 23.9 Å². The smallest absolute Gasteiger partial charge is 0.350 e. The average Bonchev–Trinajstić information content (AvgIpc) is 3.75. The van der Waals surface area contributed by atoms with Gasteiger partial charge >= 0.3 is 5.69 Å². The maximum absolute atomic E-state index is 12.8. The van der Waals surface area contributed by atoms with E-state index < -0.39 is 5.79 Å². The van der Waals surface area contributed by atoms with Gasteiger partial charge in [0, 0.05) is 66.4 Å². The summed E-state index contributed by atoms with van der Waals surface area (Å²) >= 11 is 3.53. The minimum atomic E-state index is -0.894. The number of rotatable bonds is 11. The van der Waals surface area contributed by atoms with E-state index in [1.807, 2.05) is 55.5 Å². The summed E-state index contributed by atoms with van der Waals surface area (Å²) in [6.07, 6.45) is 6.31. The molecule has 0 N–H and O–H groups in total. The molecule has 12 heteroatoms. The molecule has 3 aliphatic heterocycles. The van der Waals surface area contributed by atoms with Gasteiger partial charge in [-0.2, -0.15) is 5.10 Å². The molecule has 11 nitrogen and oxygen atoms in total. The molecule has 7 rings (SSSR count). The minimum Gasteiger partial charge on any atom is -0.491 e. The van der Waals surface area contributed by atoms with E-state index in [0.29, 0.717) is 26.2 Å². The van der Waals surface area contributed by atoms with Gasteiger partial charge in [0.2, 0.25) is 0 Å². The monoisotopic (exact) mass is 727 g/mol. The summed E-state index contributed by atoms with van der Waals surface area (Å²) in [5, 5.41) is 4.31. The second kappa shape index (κ2) is 14.7. The Morgan fingerprint density at radius 2 is 1.57 bits per heavy atom. The lowest BCUT2D eigenvalue weighted by atomic mass is 9.97. The third-order valence-electron chi connectivity index (χ3n) is 9.55. The van der Waals surface area contributed by atoms with Crippen LogP contribution in [0.4, 0.5) is 11.4 Å². The SMILES string of the molecule is CCC(C)n1ncn(-c2ccc(N3CCN(c4ccc(OCC5COC(CC6CN=CC=N6)(c6ccc(Br)cc6)O5)cc4)CC3)cc2)c1=O. The van der Waals surface area contributed by atoms with Crippen LogP contribution in [0.25, 0.3) is 5.69 Å². The topological polar surface area (TPSA) is 98.7 Å². The van der Waals surface area contributed by atoms with Crippen LogP contribution in [0.15, 0.2) is 98.4 Å². The maximum atomic E-state index is 12.8. The second-order valence-electron chi connectivity index (χ2n) is 12.8. The Labute approximate surface area is 295 Å². The molecule has 4 unspecified atom stereocenters. The average molecular weight is 729 g/mol. The first-order valence-electron chi connectivity index (χ1n) is 17.0. The molecule has 49 heavy (non-hydrogen) atoms. The van der Waals surface area contributed by atoms with Crippen LogP contribution in [-0.2, 0) is 15.3 Å². The van der Waals surface area contributed by atoms with Gasteiger partial charge in [-0.3, -0.25) is 9.98 Å². The number of aliphatic imine (C=N–C) groups is 2. The summed E-state index contributed by atoms with van der Waals surface area (Å²) in [5.41, 5.74) is 4.00. The molecular formula is C37H42BrN7O4. The second-order valence-corrected chi connectivity index (χ2v) is 13.7. The number of nitrogens with zero attached hydrogens (tertiary/aromatic N) is 7. The Morgan fingerprint density at radius 1 is 0.918 bits per heavy atom. The Hall–Kier alpha value is -4.26. The highest BCUT2D eigenvalue weighted by Gasteiger charge is 2.45. The van der Waals surface area contributed by atoms with E-state index >= 15 is 0 Å². The molecule has 4 aromatic rings. The molecule has 0 saturated carbocycles. The number of anilines is 2. The number of ether oxygens (including phenoxy) is 3. The molecule has 4 heterocycles. The Balaban J connectivity index is 0.914. The number of benzene rings is 3. The predicted octanol–water partition coefficient (Wildman–Crippen LogP) is 5.66. The Kier molecular flexibility index (Phi) is 9.97. The van der Waals surface area contributed by atoms with Gasteiger partial charge < -0.3 is 24.0 Å². The molecule has 3 aliphatic rings. The van der Waals surface area contributed by atoms with Crippen molar-refractivity contribution < 1.29 is 14.2 Å². The van der Waals surface area contributed by atoms with Gasteiger partial charge in [0.25, 0.3) is 0 Å². The molecule has 0 bridgehead atoms. The van der Waals surface area contributed by atoms with Crippen LogP contribution >= 0.6 is 15.9 Å². The highest BCUT2D eigenvalue weighted by molar-refractivity contribution is 9.10. The molecule has 256 valence electrons. The van der Waals surface area contributed by atoms with Crippen molar-refractivity contribution in [2.45, 2.75) is 50.7 Å². The van der Waals surface area contributed by atoms with E-state index in [1.54, 1.807) is 28.0 Å². The zero-order chi connectivity index (χ0) is 33.8. The number of halogens is 1. The van der Waals surface area contributed by atoms with Crippen molar-refractivity contribution in [1.82, 2.24) is 14.3 Å². The number of piperazine rings is 1. The lowest BCUT2D eigenvalue weighted by Crippen LogP contribution is -2.46. The fourth-order valence-electron chi connectivity index (χ4n) is 6.55. The summed E-state index contributed by atoms with van der Waals surface area (Å²) in [7, 11) is 0. The first-order valence-corrected chi connectivity index (χ1v) is 17.8. The summed E-state index contributed by atoms with van der Waals surface area (Å²) in [6.45, 7) is 9.12. The van der Waals surface area contributed by atoms with Crippen molar-refractivity contribution in [3.63, 3.8) is 0 Å². The lowest BCUT2D eigenvalue weighted by Gasteiger charge is -2.37. The van der Waals surface area contributed by atoms with Crippen LogP contribution in [0.3, 0.4) is 0 Å². The van der Waals surface area contributed by atoms with Crippen molar-refractivity contribution >= 4 is 39.7 Å². The standard InChI is InChI=1S/C37H42BrN7O4/c1-3-27(2)45-36(46)44(26-41-45)33-10-8-31(9-11-33)42-18-20-43(21-19-42)32-12-14-34(15-13-32)47-24-35-25-48-37(49-35,22-30-23-39-16-17-40-30)28-4-6-29(38)7-5-28/h4-17,26-27,30,35H,3,18-25H2,1-2H3. The fourth-order valence-corrected chi connectivity index (χ4v) is 6.81. The quantitative estimate of drug-likeness (QED) is 0.197. The predicted molar refractivity (Wildman–Crippen MR) is 196 cm³/mol. The molecule has 4 atom stereocenters. The zero-order valence-electron chi connectivity index (χ0n) is 27.9. The van der Waals surface area contributed by atoms with Gasteiger partial charge in [-0.1, -0.05) is 35.0 Å². The molecular weight excluding hydrogens is 686 g/mol. The summed E-state index contributed by atoms with van der Waals surface area (Å²) in [6, 6.07) is 24.6. The van der Waals surface area contributed by atoms with E-state index in [0.717, 1.165) is 59.8 Å². The van der Waals surface area contributed by atoms with Crippen molar-refractivity contribution in [2.75, 3.05) is 55.7 Å². The van der Waals surface area contributed by atoms with Gasteiger partial charge in [-0.25, -0.2) is 14.0 Å². The molecule has 2 saturated heterocycles. The molecule has 3 aromatic carbocycles. The third-order valence-corrected chi connectivity index (χ3v) is 10.1. The van der Waals surface area contributed by atoms with Crippen LogP contribution in [0.1, 0.15) is 38.3 Å². The van der Waals surface area contributed by atoms with Gasteiger partial charge in [-0.15, -0.1) is 0 Å². The van der Waals surface area contributed by atoms with E-state index in [1.165, 1.54) is 5.69 Å². The number of aromatic nitrogens is 3.